The third-order valence-corrected chi connectivity index (χ3v) is 5.01. The monoisotopic (exact) mass is 389 g/mol. The molecule has 0 spiro atoms. The fourth-order valence-electron chi connectivity index (χ4n) is 2.83. The van der Waals surface area contributed by atoms with Crippen LogP contribution >= 0.6 is 15.9 Å². The molecule has 3 rings (SSSR count). The zero-order valence-electron chi connectivity index (χ0n) is 13.6. The average molecular weight is 390 g/mol. The second-order valence-corrected chi connectivity index (χ2v) is 6.71. The van der Waals surface area contributed by atoms with Gasteiger partial charge in [-0.2, -0.15) is 0 Å². The summed E-state index contributed by atoms with van der Waals surface area (Å²) in [6.45, 7) is 4.01. The Balaban J connectivity index is 1.61. The van der Waals surface area contributed by atoms with Crippen molar-refractivity contribution in [3.05, 3.63) is 65.7 Å². The molecule has 0 atom stereocenters. The van der Waals surface area contributed by atoms with Crippen LogP contribution in [0.1, 0.15) is 24.0 Å². The topological polar surface area (TPSA) is 12.5 Å². The molecule has 0 aliphatic carbocycles. The quantitative estimate of drug-likeness (QED) is 0.617. The number of rotatable bonds is 6. The zero-order chi connectivity index (χ0) is 16.8. The molecular weight excluding hydrogens is 369 g/mol. The van der Waals surface area contributed by atoms with Crippen LogP contribution in [0, 0.1) is 0 Å². The smallest absolute Gasteiger partial charge is 0.145 e. The Morgan fingerprint density at radius 2 is 1.62 bits per heavy atom. The zero-order valence-corrected chi connectivity index (χ0v) is 15.1. The van der Waals surface area contributed by atoms with Crippen molar-refractivity contribution in [1.29, 1.82) is 0 Å². The maximum atomic E-state index is 14.5. The first-order valence-electron chi connectivity index (χ1n) is 8.30. The van der Waals surface area contributed by atoms with Crippen molar-refractivity contribution >= 4 is 26.2 Å². The number of benzene rings is 2. The van der Waals surface area contributed by atoms with Crippen LogP contribution in [0.3, 0.4) is 0 Å². The van der Waals surface area contributed by atoms with E-state index in [1.165, 1.54) is 25.9 Å². The highest BCUT2D eigenvalue weighted by atomic mass is 79.9. The van der Waals surface area contributed by atoms with Crippen molar-refractivity contribution in [1.82, 2.24) is 4.90 Å². The maximum Gasteiger partial charge on any atom is 0.145 e. The molecule has 126 valence electrons. The lowest BCUT2D eigenvalue weighted by Crippen LogP contribution is -2.25. The van der Waals surface area contributed by atoms with Gasteiger partial charge in [0, 0.05) is 12.1 Å². The number of hydrogen-bond acceptors (Lipinski definition) is 2. The predicted molar refractivity (Wildman–Crippen MR) is 101 cm³/mol. The van der Waals surface area contributed by atoms with Gasteiger partial charge < -0.3 is 4.74 Å². The van der Waals surface area contributed by atoms with E-state index < -0.39 is 0 Å². The summed E-state index contributed by atoms with van der Waals surface area (Å²) in [5.41, 5.74) is 1.36. The molecule has 4 heteroatoms. The Hall–Kier alpha value is -1.65. The third kappa shape index (κ3) is 4.46. The summed E-state index contributed by atoms with van der Waals surface area (Å²) < 4.78 is 20.7. The van der Waals surface area contributed by atoms with Gasteiger partial charge in [-0.1, -0.05) is 42.5 Å². The van der Waals surface area contributed by atoms with Gasteiger partial charge in [0.25, 0.3) is 0 Å². The Kier molecular flexibility index (Phi) is 6.05. The molecule has 1 aliphatic rings. The van der Waals surface area contributed by atoms with E-state index in [0.29, 0.717) is 16.7 Å². The Bertz CT molecular complexity index is 679. The van der Waals surface area contributed by atoms with E-state index in [0.717, 1.165) is 17.9 Å². The summed E-state index contributed by atoms with van der Waals surface area (Å²) in [6, 6.07) is 16.6. The number of ether oxygens (including phenoxy) is 1. The summed E-state index contributed by atoms with van der Waals surface area (Å²) in [5, 5.41) is 0. The Labute approximate surface area is 151 Å². The number of nitrogens with zero attached hydrogens (tertiary/aromatic N) is 1. The summed E-state index contributed by atoms with van der Waals surface area (Å²) >= 11 is 3.37. The number of halogens is 2. The second kappa shape index (κ2) is 8.45. The van der Waals surface area contributed by atoms with E-state index in [9.17, 15) is 4.39 Å². The van der Waals surface area contributed by atoms with Crippen molar-refractivity contribution in [3.8, 4) is 5.75 Å². The van der Waals surface area contributed by atoms with Crippen LogP contribution in [0.15, 0.2) is 54.6 Å². The van der Waals surface area contributed by atoms with Gasteiger partial charge in [-0.05, 0) is 59.6 Å². The van der Waals surface area contributed by atoms with Gasteiger partial charge in [-0.25, -0.2) is 4.39 Å². The van der Waals surface area contributed by atoms with Gasteiger partial charge in [0.05, 0.1) is 4.48 Å². The van der Waals surface area contributed by atoms with Crippen LogP contribution < -0.4 is 4.74 Å². The summed E-state index contributed by atoms with van der Waals surface area (Å²) in [4.78, 5) is 2.42. The Morgan fingerprint density at radius 1 is 0.958 bits per heavy atom. The molecule has 0 saturated carbocycles. The highest BCUT2D eigenvalue weighted by molar-refractivity contribution is 9.15. The van der Waals surface area contributed by atoms with Crippen LogP contribution in [0.5, 0.6) is 5.75 Å². The predicted octanol–water partition coefficient (Wildman–Crippen LogP) is 5.35. The van der Waals surface area contributed by atoms with Crippen molar-refractivity contribution in [2.45, 2.75) is 12.8 Å². The van der Waals surface area contributed by atoms with Gasteiger partial charge in [0.2, 0.25) is 0 Å². The van der Waals surface area contributed by atoms with Crippen LogP contribution in [-0.4, -0.2) is 31.1 Å². The van der Waals surface area contributed by atoms with E-state index in [2.05, 4.69) is 20.8 Å². The lowest BCUT2D eigenvalue weighted by Gasteiger charge is -2.15. The van der Waals surface area contributed by atoms with Crippen LogP contribution in [0.2, 0.25) is 0 Å². The largest absolute Gasteiger partial charge is 0.492 e. The summed E-state index contributed by atoms with van der Waals surface area (Å²) in [6.07, 6.45) is 2.59. The van der Waals surface area contributed by atoms with Crippen LogP contribution in [0.4, 0.5) is 4.39 Å². The Morgan fingerprint density at radius 3 is 2.29 bits per heavy atom. The molecule has 2 aromatic carbocycles. The first kappa shape index (κ1) is 17.2. The molecule has 24 heavy (non-hydrogen) atoms. The molecule has 0 amide bonds. The fourth-order valence-corrected chi connectivity index (χ4v) is 3.33. The molecule has 0 aromatic heterocycles. The highest BCUT2D eigenvalue weighted by Gasteiger charge is 2.11. The molecule has 1 fully saturated rings. The minimum atomic E-state index is -0.265. The lowest BCUT2D eigenvalue weighted by molar-refractivity contribution is 0.238. The molecule has 2 aromatic rings. The summed E-state index contributed by atoms with van der Waals surface area (Å²) in [5.74, 6) is 0.552. The van der Waals surface area contributed by atoms with E-state index in [4.69, 9.17) is 4.74 Å². The van der Waals surface area contributed by atoms with E-state index >= 15 is 0 Å². The number of likely N-dealkylation sites (tertiary alicyclic amines) is 1. The highest BCUT2D eigenvalue weighted by Crippen LogP contribution is 2.32. The fraction of sp³-hybridized carbons (Fsp3) is 0.300. The normalized spacial score (nSPS) is 16.1. The SMILES string of the molecule is F/C(=C(\Br)c1ccc(OCCN2CCCC2)cc1)c1ccccc1. The molecule has 1 saturated heterocycles. The molecular formula is C20H21BrFNO. The minimum Gasteiger partial charge on any atom is -0.492 e. The average Bonchev–Trinajstić information content (AvgIpc) is 3.15. The van der Waals surface area contributed by atoms with E-state index in [-0.39, 0.29) is 5.83 Å². The standard InChI is InChI=1S/C20H21BrFNO/c21-19(20(22)17-6-2-1-3-7-17)16-8-10-18(11-9-16)24-15-14-23-12-4-5-13-23/h1-3,6-11H,4-5,12-15H2/b20-19-. The van der Waals surface area contributed by atoms with Gasteiger partial charge in [0.15, 0.2) is 0 Å². The third-order valence-electron chi connectivity index (χ3n) is 4.20. The maximum absolute atomic E-state index is 14.5. The number of hydrogen-bond donors (Lipinski definition) is 0. The molecule has 2 nitrogen and oxygen atoms in total. The van der Waals surface area contributed by atoms with Gasteiger partial charge >= 0.3 is 0 Å². The molecule has 1 aliphatic heterocycles. The van der Waals surface area contributed by atoms with E-state index in [1.807, 2.05) is 42.5 Å². The van der Waals surface area contributed by atoms with Crippen molar-refractivity contribution < 1.29 is 9.13 Å². The van der Waals surface area contributed by atoms with E-state index in [1.54, 1.807) is 12.1 Å². The first-order chi connectivity index (χ1) is 11.7. The molecule has 1 heterocycles. The van der Waals surface area contributed by atoms with Crippen LogP contribution in [0.25, 0.3) is 10.3 Å². The molecule has 0 N–H and O–H groups in total. The molecule has 0 bridgehead atoms. The van der Waals surface area contributed by atoms with Crippen molar-refractivity contribution in [2.24, 2.45) is 0 Å². The van der Waals surface area contributed by atoms with Gasteiger partial charge in [0.1, 0.15) is 18.2 Å². The minimum absolute atomic E-state index is 0.265. The van der Waals surface area contributed by atoms with Crippen molar-refractivity contribution in [3.63, 3.8) is 0 Å². The molecule has 0 unspecified atom stereocenters. The second-order valence-electron chi connectivity index (χ2n) is 5.92. The molecule has 0 radical (unpaired) electrons. The van der Waals surface area contributed by atoms with Gasteiger partial charge in [-0.3, -0.25) is 4.90 Å². The summed E-state index contributed by atoms with van der Waals surface area (Å²) in [7, 11) is 0. The first-order valence-corrected chi connectivity index (χ1v) is 9.09. The lowest BCUT2D eigenvalue weighted by atomic mass is 10.1. The van der Waals surface area contributed by atoms with Crippen LogP contribution in [-0.2, 0) is 0 Å². The van der Waals surface area contributed by atoms with Gasteiger partial charge in [-0.15, -0.1) is 0 Å². The van der Waals surface area contributed by atoms with Crippen molar-refractivity contribution in [2.75, 3.05) is 26.2 Å².